The monoisotopic (exact) mass is 336 g/mol. The first-order chi connectivity index (χ1) is 9.77. The smallest absolute Gasteiger partial charge is 0.310 e. The number of carbonyl (C=O) groups is 1. The molecule has 0 aliphatic heterocycles. The third kappa shape index (κ3) is 5.53. The van der Waals surface area contributed by atoms with E-state index in [-0.39, 0.29) is 17.9 Å². The lowest BCUT2D eigenvalue weighted by atomic mass is 10.1. The second-order valence-electron chi connectivity index (χ2n) is 4.34. The molecule has 0 heterocycles. The zero-order valence-corrected chi connectivity index (χ0v) is 13.5. The Balaban J connectivity index is 2.93. The lowest BCUT2D eigenvalue weighted by molar-refractivity contribution is -0.149. The zero-order valence-electron chi connectivity index (χ0n) is 12.0. The fourth-order valence-corrected chi connectivity index (χ4v) is 2.54. The van der Waals surface area contributed by atoms with Gasteiger partial charge in [0.1, 0.15) is 11.9 Å². The molecule has 0 aliphatic carbocycles. The number of esters is 1. The molecule has 1 aromatic carbocycles. The number of benzene rings is 1. The Kier molecular flexibility index (Phi) is 6.44. The molecule has 0 amide bonds. The van der Waals surface area contributed by atoms with Crippen molar-refractivity contribution in [3.05, 3.63) is 23.8 Å². The minimum atomic E-state index is -3.87. The molecular formula is C13H17ClO6S. The van der Waals surface area contributed by atoms with Crippen LogP contribution in [0.15, 0.2) is 23.1 Å². The van der Waals surface area contributed by atoms with E-state index in [0.717, 1.165) is 0 Å². The first-order valence-corrected chi connectivity index (χ1v) is 8.39. The van der Waals surface area contributed by atoms with Crippen molar-refractivity contribution in [2.75, 3.05) is 20.8 Å². The second-order valence-corrected chi connectivity index (χ2v) is 6.91. The van der Waals surface area contributed by atoms with Crippen molar-refractivity contribution in [3.8, 4) is 5.75 Å². The van der Waals surface area contributed by atoms with Gasteiger partial charge in [-0.15, -0.1) is 0 Å². The summed E-state index contributed by atoms with van der Waals surface area (Å²) in [6.07, 6.45) is -0.522. The highest BCUT2D eigenvalue weighted by atomic mass is 35.7. The van der Waals surface area contributed by atoms with Gasteiger partial charge in [-0.25, -0.2) is 8.42 Å². The Morgan fingerprint density at radius 2 is 2.00 bits per heavy atom. The number of carbonyl (C=O) groups excluding carboxylic acids is 1. The van der Waals surface area contributed by atoms with E-state index in [2.05, 4.69) is 0 Å². The van der Waals surface area contributed by atoms with Crippen LogP contribution in [0.5, 0.6) is 5.75 Å². The molecule has 0 saturated carbocycles. The summed E-state index contributed by atoms with van der Waals surface area (Å²) in [5.74, 6) is -0.127. The molecule has 6 nitrogen and oxygen atoms in total. The van der Waals surface area contributed by atoms with Crippen LogP contribution in [0.4, 0.5) is 0 Å². The molecule has 0 spiro atoms. The number of methoxy groups -OCH3 is 2. The number of ether oxygens (including phenoxy) is 3. The van der Waals surface area contributed by atoms with Crippen molar-refractivity contribution in [1.29, 1.82) is 0 Å². The fraction of sp³-hybridized carbons (Fsp3) is 0.462. The molecule has 0 radical (unpaired) electrons. The molecule has 0 N–H and O–H groups in total. The number of hydrogen-bond acceptors (Lipinski definition) is 6. The molecule has 0 fully saturated rings. The summed E-state index contributed by atoms with van der Waals surface area (Å²) < 4.78 is 37.7. The van der Waals surface area contributed by atoms with Crippen molar-refractivity contribution >= 4 is 25.7 Å². The minimum absolute atomic E-state index is 0.0993. The van der Waals surface area contributed by atoms with Crippen LogP contribution in [-0.2, 0) is 29.7 Å². The zero-order chi connectivity index (χ0) is 16.0. The predicted octanol–water partition coefficient (Wildman–Crippen LogP) is 1.74. The van der Waals surface area contributed by atoms with E-state index in [1.54, 1.807) is 6.92 Å². The molecule has 1 rings (SSSR count). The van der Waals surface area contributed by atoms with Gasteiger partial charge in [0.05, 0.1) is 25.0 Å². The third-order valence-corrected chi connectivity index (χ3v) is 3.95. The van der Waals surface area contributed by atoms with Gasteiger partial charge in [0.15, 0.2) is 0 Å². The van der Waals surface area contributed by atoms with Crippen LogP contribution in [0.1, 0.15) is 12.5 Å². The Morgan fingerprint density at radius 1 is 1.33 bits per heavy atom. The van der Waals surface area contributed by atoms with Crippen LogP contribution in [-0.4, -0.2) is 41.3 Å². The highest BCUT2D eigenvalue weighted by Gasteiger charge is 2.17. The van der Waals surface area contributed by atoms with Crippen molar-refractivity contribution in [2.24, 2.45) is 0 Å². The summed E-state index contributed by atoms with van der Waals surface area (Å²) in [6, 6.07) is 4.05. The Morgan fingerprint density at radius 3 is 2.52 bits per heavy atom. The van der Waals surface area contributed by atoms with Crippen molar-refractivity contribution in [2.45, 2.75) is 24.3 Å². The van der Waals surface area contributed by atoms with E-state index < -0.39 is 21.1 Å². The van der Waals surface area contributed by atoms with Crippen LogP contribution in [0.3, 0.4) is 0 Å². The van der Waals surface area contributed by atoms with Crippen LogP contribution < -0.4 is 4.74 Å². The molecule has 21 heavy (non-hydrogen) atoms. The van der Waals surface area contributed by atoms with Crippen LogP contribution in [0.25, 0.3) is 0 Å². The second kappa shape index (κ2) is 7.63. The van der Waals surface area contributed by atoms with Gasteiger partial charge in [0.2, 0.25) is 0 Å². The third-order valence-electron chi connectivity index (χ3n) is 2.60. The molecule has 0 saturated heterocycles. The molecule has 1 unspecified atom stereocenters. The van der Waals surface area contributed by atoms with Gasteiger partial charge in [-0.05, 0) is 25.1 Å². The molecule has 1 atom stereocenters. The first-order valence-electron chi connectivity index (χ1n) is 6.08. The Hall–Kier alpha value is -1.31. The van der Waals surface area contributed by atoms with Gasteiger partial charge in [-0.1, -0.05) is 0 Å². The number of halogens is 1. The van der Waals surface area contributed by atoms with E-state index in [4.69, 9.17) is 24.9 Å². The predicted molar refractivity (Wildman–Crippen MR) is 77.2 cm³/mol. The average molecular weight is 337 g/mol. The van der Waals surface area contributed by atoms with E-state index in [0.29, 0.717) is 11.3 Å². The number of hydrogen-bond donors (Lipinski definition) is 0. The summed E-state index contributed by atoms with van der Waals surface area (Å²) in [5.41, 5.74) is 0.383. The summed E-state index contributed by atoms with van der Waals surface area (Å²) in [5, 5.41) is 0. The van der Waals surface area contributed by atoms with Gasteiger partial charge >= 0.3 is 5.97 Å². The van der Waals surface area contributed by atoms with Crippen molar-refractivity contribution in [1.82, 2.24) is 0 Å². The summed E-state index contributed by atoms with van der Waals surface area (Å²) in [7, 11) is 4.34. The van der Waals surface area contributed by atoms with E-state index >= 15 is 0 Å². The Bertz CT molecular complexity index is 599. The maximum absolute atomic E-state index is 11.8. The lowest BCUT2D eigenvalue weighted by Crippen LogP contribution is -2.21. The quantitative estimate of drug-likeness (QED) is 0.557. The van der Waals surface area contributed by atoms with Crippen LogP contribution >= 0.6 is 10.7 Å². The summed E-state index contributed by atoms with van der Waals surface area (Å²) in [6.45, 7) is 1.97. The summed E-state index contributed by atoms with van der Waals surface area (Å²) in [4.78, 5) is 11.7. The molecule has 0 bridgehead atoms. The summed E-state index contributed by atoms with van der Waals surface area (Å²) >= 11 is 0. The van der Waals surface area contributed by atoms with Crippen molar-refractivity contribution < 1.29 is 27.4 Å². The molecule has 8 heteroatoms. The normalized spacial score (nSPS) is 12.8. The highest BCUT2D eigenvalue weighted by Crippen LogP contribution is 2.25. The van der Waals surface area contributed by atoms with E-state index in [9.17, 15) is 13.2 Å². The molecule has 1 aromatic rings. The number of rotatable bonds is 7. The van der Waals surface area contributed by atoms with Crippen molar-refractivity contribution in [3.63, 3.8) is 0 Å². The van der Waals surface area contributed by atoms with Gasteiger partial charge in [0, 0.05) is 23.4 Å². The van der Waals surface area contributed by atoms with E-state index in [1.807, 2.05) is 0 Å². The highest BCUT2D eigenvalue weighted by molar-refractivity contribution is 8.13. The molecule has 0 aromatic heterocycles. The van der Waals surface area contributed by atoms with Gasteiger partial charge < -0.3 is 14.2 Å². The SMILES string of the molecule is COCC(C)OC(=O)Cc1cc(S(=O)(=O)Cl)ccc1OC. The fourth-order valence-electron chi connectivity index (χ4n) is 1.74. The maximum atomic E-state index is 11.8. The standard InChI is InChI=1S/C13H17ClO6S/c1-9(8-18-2)20-13(15)7-10-6-11(21(14,16)17)4-5-12(10)19-3/h4-6,9H,7-8H2,1-3H3. The average Bonchev–Trinajstić information content (AvgIpc) is 2.37. The van der Waals surface area contributed by atoms with Gasteiger partial charge in [-0.3, -0.25) is 4.79 Å². The van der Waals surface area contributed by atoms with Gasteiger partial charge in [0.25, 0.3) is 9.05 Å². The maximum Gasteiger partial charge on any atom is 0.310 e. The molecule has 0 aliphatic rings. The van der Waals surface area contributed by atoms with E-state index in [1.165, 1.54) is 32.4 Å². The largest absolute Gasteiger partial charge is 0.496 e. The molecule has 118 valence electrons. The minimum Gasteiger partial charge on any atom is -0.496 e. The Labute approximate surface area is 128 Å². The topological polar surface area (TPSA) is 78.9 Å². The lowest BCUT2D eigenvalue weighted by Gasteiger charge is -2.13. The van der Waals surface area contributed by atoms with Gasteiger partial charge in [-0.2, -0.15) is 0 Å². The first kappa shape index (κ1) is 17.7. The van der Waals surface area contributed by atoms with Crippen LogP contribution in [0.2, 0.25) is 0 Å². The van der Waals surface area contributed by atoms with Crippen LogP contribution in [0, 0.1) is 0 Å². The molecular weight excluding hydrogens is 320 g/mol.